The van der Waals surface area contributed by atoms with Gasteiger partial charge in [0, 0.05) is 17.5 Å². The summed E-state index contributed by atoms with van der Waals surface area (Å²) >= 11 is 1.88. The molecule has 4 rings (SSSR count). The molecule has 0 aliphatic carbocycles. The monoisotopic (exact) mass is 512 g/mol. The number of aromatic nitrogens is 3. The zero-order chi connectivity index (χ0) is 21.1. The Morgan fingerprint density at radius 1 is 1.10 bits per heavy atom. The van der Waals surface area contributed by atoms with Gasteiger partial charge in [-0.1, -0.05) is 36.4 Å². The number of anilines is 2. The molecule has 3 N–H and O–H groups in total. The number of hydrogen-bond donors (Lipinski definition) is 3. The predicted octanol–water partition coefficient (Wildman–Crippen LogP) is 4.37. The Kier molecular flexibility index (Phi) is 5.58. The fourth-order valence-electron chi connectivity index (χ4n) is 3.21. The molecular weight excluding hydrogens is 498 g/mol. The van der Waals surface area contributed by atoms with Gasteiger partial charge in [0.05, 0.1) is 34.1 Å². The van der Waals surface area contributed by atoms with E-state index in [1.165, 1.54) is 18.5 Å². The van der Waals surface area contributed by atoms with Crippen LogP contribution in [-0.4, -0.2) is 15.0 Å². The molecule has 0 aliphatic rings. The zero-order valence-electron chi connectivity index (χ0n) is 15.4. The van der Waals surface area contributed by atoms with Crippen LogP contribution in [0.25, 0.3) is 22.2 Å². The van der Waals surface area contributed by atoms with E-state index >= 15 is 0 Å². The molecule has 0 fully saturated rings. The average molecular weight is 512 g/mol. The molecule has 0 bridgehead atoms. The first-order valence-electron chi connectivity index (χ1n) is 8.88. The van der Waals surface area contributed by atoms with Gasteiger partial charge in [0.15, 0.2) is 11.2 Å². The second-order valence-corrected chi connectivity index (χ2v) is 6.88. The molecule has 2 heterocycles. The van der Waals surface area contributed by atoms with E-state index in [2.05, 4.69) is 29.9 Å². The van der Waals surface area contributed by atoms with Crippen molar-refractivity contribution in [2.75, 3.05) is 8.85 Å². The highest BCUT2D eigenvalue weighted by Gasteiger charge is 2.17. The van der Waals surface area contributed by atoms with Crippen molar-refractivity contribution >= 4 is 45.4 Å². The molecule has 30 heavy (non-hydrogen) atoms. The Morgan fingerprint density at radius 3 is 2.60 bits per heavy atom. The number of hydrogen-bond acceptors (Lipinski definition) is 6. The summed E-state index contributed by atoms with van der Waals surface area (Å²) in [6.45, 7) is 0.0817. The number of aromatic amines is 1. The van der Waals surface area contributed by atoms with Gasteiger partial charge in [-0.05, 0) is 17.7 Å². The molecule has 4 aromatic rings. The first-order chi connectivity index (χ1) is 14.6. The van der Waals surface area contributed by atoms with Crippen LogP contribution in [0, 0.1) is 17.1 Å². The number of para-hydroxylation sites is 1. The van der Waals surface area contributed by atoms with Crippen LogP contribution in [-0.2, 0) is 6.54 Å². The number of benzene rings is 2. The topological polar surface area (TPSA) is 106 Å². The molecule has 9 heteroatoms. The van der Waals surface area contributed by atoms with E-state index in [4.69, 9.17) is 0 Å². The molecule has 2 aromatic carbocycles. The van der Waals surface area contributed by atoms with Gasteiger partial charge in [-0.25, -0.2) is 14.4 Å². The summed E-state index contributed by atoms with van der Waals surface area (Å²) in [5.74, 6) is 0.166. The van der Waals surface area contributed by atoms with E-state index in [0.717, 1.165) is 5.56 Å². The molecule has 0 amide bonds. The van der Waals surface area contributed by atoms with E-state index in [9.17, 15) is 14.4 Å². The van der Waals surface area contributed by atoms with Crippen molar-refractivity contribution < 1.29 is 4.39 Å². The summed E-state index contributed by atoms with van der Waals surface area (Å²) in [5.41, 5.74) is 1.75. The Balaban J connectivity index is 1.86. The maximum atomic E-state index is 14.4. The summed E-state index contributed by atoms with van der Waals surface area (Å²) in [6.07, 6.45) is 1.32. The van der Waals surface area contributed by atoms with E-state index < -0.39 is 5.82 Å². The molecule has 7 nitrogen and oxygen atoms in total. The number of nitrogens with zero attached hydrogens (tertiary/aromatic N) is 3. The number of pyridine rings is 1. The second-order valence-electron chi connectivity index (χ2n) is 6.34. The van der Waals surface area contributed by atoms with Crippen LogP contribution in [0.3, 0.4) is 0 Å². The number of nitrogens with one attached hydrogen (secondary N) is 3. The van der Waals surface area contributed by atoms with Crippen LogP contribution < -0.4 is 14.3 Å². The van der Waals surface area contributed by atoms with Crippen molar-refractivity contribution in [1.29, 1.82) is 5.26 Å². The van der Waals surface area contributed by atoms with E-state index in [1.807, 2.05) is 53.2 Å². The van der Waals surface area contributed by atoms with Crippen molar-refractivity contribution in [1.82, 2.24) is 15.0 Å². The van der Waals surface area contributed by atoms with Gasteiger partial charge in [0.1, 0.15) is 29.6 Å². The minimum atomic E-state index is -0.499. The number of halogens is 2. The third kappa shape index (κ3) is 3.57. The standard InChI is InChI=1S/C21H14FIN6O/c22-16-8-4-7-13-18(16)28-17(12-5-2-1-3-6-12)15(19(13)30)10-25-20-14(9-24)21(29-23)27-11-26-20/h1-8,11H,10H2,(H,28,30)(H2,25,26,27,29). The number of H-pyrrole nitrogens is 1. The van der Waals surface area contributed by atoms with Gasteiger partial charge < -0.3 is 13.8 Å². The molecule has 0 radical (unpaired) electrons. The summed E-state index contributed by atoms with van der Waals surface area (Å²) in [5, 5.41) is 12.8. The lowest BCUT2D eigenvalue weighted by Crippen LogP contribution is -2.18. The maximum Gasteiger partial charge on any atom is 0.195 e. The fourth-order valence-corrected chi connectivity index (χ4v) is 3.62. The van der Waals surface area contributed by atoms with Crippen molar-refractivity contribution in [2.45, 2.75) is 6.54 Å². The smallest absolute Gasteiger partial charge is 0.195 e. The van der Waals surface area contributed by atoms with Crippen LogP contribution in [0.5, 0.6) is 0 Å². The Labute approximate surface area is 184 Å². The van der Waals surface area contributed by atoms with Gasteiger partial charge in [-0.3, -0.25) is 4.79 Å². The second kappa shape index (κ2) is 8.46. The van der Waals surface area contributed by atoms with Crippen molar-refractivity contribution in [3.8, 4) is 17.3 Å². The lowest BCUT2D eigenvalue weighted by molar-refractivity contribution is 0.637. The molecule has 2 aromatic heterocycles. The summed E-state index contributed by atoms with van der Waals surface area (Å²) in [6, 6.07) is 15.7. The quantitative estimate of drug-likeness (QED) is 0.271. The van der Waals surface area contributed by atoms with Crippen molar-refractivity contribution in [3.63, 3.8) is 0 Å². The van der Waals surface area contributed by atoms with Gasteiger partial charge in [-0.15, -0.1) is 0 Å². The maximum absolute atomic E-state index is 14.4. The van der Waals surface area contributed by atoms with Crippen LogP contribution in [0.4, 0.5) is 16.0 Å². The summed E-state index contributed by atoms with van der Waals surface area (Å²) in [4.78, 5) is 24.5. The predicted molar refractivity (Wildman–Crippen MR) is 122 cm³/mol. The highest BCUT2D eigenvalue weighted by atomic mass is 127. The molecule has 0 saturated carbocycles. The largest absolute Gasteiger partial charge is 0.364 e. The fraction of sp³-hybridized carbons (Fsp3) is 0.0476. The number of fused-ring (bicyclic) bond motifs is 1. The molecule has 0 atom stereocenters. The summed E-state index contributed by atoms with van der Waals surface area (Å²) in [7, 11) is 0. The van der Waals surface area contributed by atoms with E-state index in [1.54, 1.807) is 6.07 Å². The molecule has 0 saturated heterocycles. The number of rotatable bonds is 5. The highest BCUT2D eigenvalue weighted by Crippen LogP contribution is 2.25. The van der Waals surface area contributed by atoms with Crippen LogP contribution in [0.2, 0.25) is 0 Å². The minimum Gasteiger partial charge on any atom is -0.364 e. The number of nitriles is 1. The first-order valence-corrected chi connectivity index (χ1v) is 9.96. The molecule has 0 aliphatic heterocycles. The third-order valence-corrected chi connectivity index (χ3v) is 5.14. The highest BCUT2D eigenvalue weighted by molar-refractivity contribution is 14.1. The average Bonchev–Trinajstić information content (AvgIpc) is 2.79. The van der Waals surface area contributed by atoms with Crippen molar-refractivity contribution in [3.05, 3.63) is 82.0 Å². The Morgan fingerprint density at radius 2 is 1.87 bits per heavy atom. The SMILES string of the molecule is N#Cc1c(NI)ncnc1NCc1c(-c2ccccc2)[nH]c2c(F)cccc2c1=O. The van der Waals surface area contributed by atoms with Crippen LogP contribution in [0.15, 0.2) is 59.7 Å². The van der Waals surface area contributed by atoms with Gasteiger partial charge in [-0.2, -0.15) is 5.26 Å². The van der Waals surface area contributed by atoms with E-state index in [-0.39, 0.29) is 28.4 Å². The minimum absolute atomic E-state index is 0.0817. The Hall–Kier alpha value is -3.52. The zero-order valence-corrected chi connectivity index (χ0v) is 17.6. The van der Waals surface area contributed by atoms with Gasteiger partial charge in [0.2, 0.25) is 0 Å². The molecule has 148 valence electrons. The van der Waals surface area contributed by atoms with E-state index in [0.29, 0.717) is 22.9 Å². The Bertz CT molecular complexity index is 1330. The van der Waals surface area contributed by atoms with Gasteiger partial charge in [0.25, 0.3) is 0 Å². The lowest BCUT2D eigenvalue weighted by atomic mass is 10.0. The van der Waals surface area contributed by atoms with Crippen molar-refractivity contribution in [2.24, 2.45) is 0 Å². The third-order valence-electron chi connectivity index (χ3n) is 4.63. The molecule has 0 spiro atoms. The van der Waals surface area contributed by atoms with Gasteiger partial charge >= 0.3 is 0 Å². The lowest BCUT2D eigenvalue weighted by Gasteiger charge is -2.14. The normalized spacial score (nSPS) is 10.6. The first kappa shape index (κ1) is 19.8. The van der Waals surface area contributed by atoms with Crippen LogP contribution >= 0.6 is 22.9 Å². The molecular formula is C21H14FIN6O. The molecule has 0 unspecified atom stereocenters. The van der Waals surface area contributed by atoms with Crippen LogP contribution in [0.1, 0.15) is 11.1 Å². The summed E-state index contributed by atoms with van der Waals surface area (Å²) < 4.78 is 17.2.